The van der Waals surface area contributed by atoms with Gasteiger partial charge in [0.25, 0.3) is 0 Å². The molecule has 1 aliphatic rings. The van der Waals surface area contributed by atoms with Crippen LogP contribution in [0.15, 0.2) is 29.3 Å². The second-order valence-electron chi connectivity index (χ2n) is 2.90. The number of hydrogen-bond donors (Lipinski definition) is 0. The molecule has 1 heterocycles. The molecule has 2 rings (SSSR count). The van der Waals surface area contributed by atoms with Crippen molar-refractivity contribution in [2.45, 2.75) is 6.92 Å². The summed E-state index contributed by atoms with van der Waals surface area (Å²) in [5.41, 5.74) is 2.34. The molecule has 15 heavy (non-hydrogen) atoms. The summed E-state index contributed by atoms with van der Waals surface area (Å²) in [7, 11) is 0. The summed E-state index contributed by atoms with van der Waals surface area (Å²) in [5, 5.41) is 0. The van der Waals surface area contributed by atoms with E-state index in [2.05, 4.69) is 44.8 Å². The molecule has 0 bridgehead atoms. The topological polar surface area (TPSA) is 21.6 Å². The Morgan fingerprint density at radius 3 is 2.53 bits per heavy atom. The van der Waals surface area contributed by atoms with Gasteiger partial charge in [-0.1, -0.05) is 18.2 Å². The summed E-state index contributed by atoms with van der Waals surface area (Å²) in [6.07, 6.45) is 0. The number of hydrogen-bond acceptors (Lipinski definition) is 2. The third-order valence-electron chi connectivity index (χ3n) is 1.96. The molecule has 0 atom stereocenters. The maximum absolute atomic E-state index is 5.37. The molecule has 5 heteroatoms. The standard InChI is InChI=1S/C10H11NO.2BrH.Pd/c1-8-4-2-3-5-9(8)10-11-6-7-12-10;;;/h2-5H,6-7H2,1H3;2*1H;/q;;;+2/p-2. The van der Waals surface area contributed by atoms with Crippen LogP contribution in [0.1, 0.15) is 11.1 Å². The van der Waals surface area contributed by atoms with Crippen molar-refractivity contribution in [3.8, 4) is 0 Å². The van der Waals surface area contributed by atoms with Gasteiger partial charge in [-0.05, 0) is 18.6 Å². The van der Waals surface area contributed by atoms with Crippen molar-refractivity contribution >= 4 is 32.8 Å². The maximum atomic E-state index is 5.37. The van der Waals surface area contributed by atoms with Gasteiger partial charge in [0.05, 0.1) is 6.54 Å². The van der Waals surface area contributed by atoms with Crippen molar-refractivity contribution in [1.29, 1.82) is 0 Å². The minimum atomic E-state index is 0.575. The van der Waals surface area contributed by atoms with Crippen molar-refractivity contribution in [2.75, 3.05) is 13.2 Å². The van der Waals surface area contributed by atoms with E-state index in [1.165, 1.54) is 5.56 Å². The van der Waals surface area contributed by atoms with E-state index in [0.29, 0.717) is 13.9 Å². The van der Waals surface area contributed by atoms with Crippen LogP contribution in [-0.2, 0) is 18.7 Å². The normalized spacial score (nSPS) is 13.9. The van der Waals surface area contributed by atoms with Crippen LogP contribution >= 0.6 is 26.9 Å². The van der Waals surface area contributed by atoms with E-state index < -0.39 is 0 Å². The Labute approximate surface area is 111 Å². The van der Waals surface area contributed by atoms with Gasteiger partial charge in [0.15, 0.2) is 0 Å². The van der Waals surface area contributed by atoms with Crippen LogP contribution < -0.4 is 0 Å². The van der Waals surface area contributed by atoms with Gasteiger partial charge in [0.1, 0.15) is 6.61 Å². The van der Waals surface area contributed by atoms with Gasteiger partial charge in [-0.25, -0.2) is 4.99 Å². The molecule has 1 aromatic carbocycles. The monoisotopic (exact) mass is 425 g/mol. The number of benzene rings is 1. The molecule has 0 aromatic heterocycles. The molecule has 0 spiro atoms. The molecule has 86 valence electrons. The van der Waals surface area contributed by atoms with Crippen LogP contribution in [-0.4, -0.2) is 19.0 Å². The Hall–Kier alpha value is 0.312. The molecule has 0 radical (unpaired) electrons. The fraction of sp³-hybridized carbons (Fsp3) is 0.300. The Morgan fingerprint density at radius 2 is 2.00 bits per heavy atom. The van der Waals surface area contributed by atoms with E-state index in [1.54, 1.807) is 0 Å². The molecule has 1 aromatic rings. The van der Waals surface area contributed by atoms with E-state index >= 15 is 0 Å². The van der Waals surface area contributed by atoms with Gasteiger partial charge in [-0.15, -0.1) is 0 Å². The zero-order chi connectivity index (χ0) is 11.1. The molecule has 0 aliphatic carbocycles. The quantitative estimate of drug-likeness (QED) is 0.629. The number of aryl methyl sites for hydroxylation is 1. The first kappa shape index (κ1) is 13.4. The predicted octanol–water partition coefficient (Wildman–Crippen LogP) is 3.46. The van der Waals surface area contributed by atoms with E-state index in [4.69, 9.17) is 4.74 Å². The van der Waals surface area contributed by atoms with Gasteiger partial charge < -0.3 is 4.74 Å². The summed E-state index contributed by atoms with van der Waals surface area (Å²) < 4.78 is 5.37. The first-order valence-electron chi connectivity index (χ1n) is 4.35. The van der Waals surface area contributed by atoms with E-state index in [9.17, 15) is 0 Å². The van der Waals surface area contributed by atoms with E-state index in [-0.39, 0.29) is 0 Å². The van der Waals surface area contributed by atoms with Gasteiger partial charge in [0.2, 0.25) is 5.90 Å². The third-order valence-corrected chi connectivity index (χ3v) is 1.96. The second kappa shape index (κ2) is 7.56. The summed E-state index contributed by atoms with van der Waals surface area (Å²) in [6.45, 7) is 3.59. The number of ether oxygens (including phenoxy) is 1. The first-order chi connectivity index (χ1) is 7.29. The predicted molar refractivity (Wildman–Crippen MR) is 66.4 cm³/mol. The number of aliphatic imine (C=N–C) groups is 1. The van der Waals surface area contributed by atoms with Crippen LogP contribution in [0.4, 0.5) is 0 Å². The number of nitrogens with zero attached hydrogens (tertiary/aromatic N) is 1. The van der Waals surface area contributed by atoms with Crippen LogP contribution in [0.5, 0.6) is 0 Å². The van der Waals surface area contributed by atoms with E-state index in [1.807, 2.05) is 18.2 Å². The van der Waals surface area contributed by atoms with Crippen LogP contribution in [0, 0.1) is 6.92 Å². The molecule has 1 aliphatic heterocycles. The molecule has 2 nitrogen and oxygen atoms in total. The molecule has 0 unspecified atom stereocenters. The summed E-state index contributed by atoms with van der Waals surface area (Å²) in [6, 6.07) is 8.14. The Kier molecular flexibility index (Phi) is 6.75. The van der Waals surface area contributed by atoms with Crippen molar-refractivity contribution in [3.63, 3.8) is 0 Å². The SMILES string of the molecule is Cc1ccccc1C1=NCCO1.[Br][Pd][Br]. The fourth-order valence-electron chi connectivity index (χ4n) is 1.31. The molecule has 0 N–H and O–H groups in total. The molecular weight excluding hydrogens is 416 g/mol. The van der Waals surface area contributed by atoms with Gasteiger partial charge in [-0.3, -0.25) is 0 Å². The van der Waals surface area contributed by atoms with Crippen molar-refractivity contribution < 1.29 is 18.7 Å². The zero-order valence-electron chi connectivity index (χ0n) is 8.15. The number of halogens is 2. The van der Waals surface area contributed by atoms with Crippen molar-refractivity contribution in [1.82, 2.24) is 0 Å². The summed E-state index contributed by atoms with van der Waals surface area (Å²) >= 11 is 6.80. The average molecular weight is 427 g/mol. The van der Waals surface area contributed by atoms with Crippen molar-refractivity contribution in [3.05, 3.63) is 35.4 Å². The molecule has 0 amide bonds. The van der Waals surface area contributed by atoms with Gasteiger partial charge in [-0.2, -0.15) is 0 Å². The summed E-state index contributed by atoms with van der Waals surface area (Å²) in [4.78, 5) is 4.26. The zero-order valence-corrected chi connectivity index (χ0v) is 12.9. The second-order valence-corrected chi connectivity index (χ2v) is 10.1. The molecule has 0 saturated heterocycles. The molecule has 0 saturated carbocycles. The Bertz CT molecular complexity index is 344. The third kappa shape index (κ3) is 4.36. The van der Waals surface area contributed by atoms with E-state index in [0.717, 1.165) is 24.6 Å². The fourth-order valence-corrected chi connectivity index (χ4v) is 1.31. The Balaban J connectivity index is 0.000000337. The van der Waals surface area contributed by atoms with Gasteiger partial charge in [0, 0.05) is 5.56 Å². The minimum absolute atomic E-state index is 0.575. The first-order valence-corrected chi connectivity index (χ1v) is 11.5. The van der Waals surface area contributed by atoms with Crippen LogP contribution in [0.2, 0.25) is 0 Å². The Morgan fingerprint density at radius 1 is 1.33 bits per heavy atom. The van der Waals surface area contributed by atoms with Gasteiger partial charge >= 0.3 is 40.8 Å². The van der Waals surface area contributed by atoms with Crippen LogP contribution in [0.3, 0.4) is 0 Å². The van der Waals surface area contributed by atoms with Crippen molar-refractivity contribution in [2.24, 2.45) is 4.99 Å². The molecular formula is C10H11Br2NOPd. The van der Waals surface area contributed by atoms with Crippen LogP contribution in [0.25, 0.3) is 0 Å². The number of rotatable bonds is 1. The molecule has 0 fully saturated rings. The summed E-state index contributed by atoms with van der Waals surface area (Å²) in [5.74, 6) is 0.799. The average Bonchev–Trinajstić information content (AvgIpc) is 2.72.